The van der Waals surface area contributed by atoms with Crippen LogP contribution in [-0.4, -0.2) is 20.7 Å². The van der Waals surface area contributed by atoms with Crippen LogP contribution in [0.5, 0.6) is 0 Å². The molecule has 0 radical (unpaired) electrons. The second-order valence-corrected chi connectivity index (χ2v) is 17.1. The van der Waals surface area contributed by atoms with Crippen molar-refractivity contribution in [1.82, 2.24) is 0 Å². The SMILES string of the molecule is C=C1CC[C@H](O[Si](C)(C)C(C)(C)C)C/C1=C\C=C1/CCC[C@]2(C)[C@@H](C(C)C=O)CC[C@@H]12. The van der Waals surface area contributed by atoms with Gasteiger partial charge in [-0.1, -0.05) is 64.5 Å². The van der Waals surface area contributed by atoms with Crippen molar-refractivity contribution in [2.45, 2.75) is 110 Å². The third kappa shape index (κ3) is 5.03. The average Bonchev–Trinajstić information content (AvgIpc) is 3.04. The Labute approximate surface area is 192 Å². The van der Waals surface area contributed by atoms with Crippen molar-refractivity contribution in [3.05, 3.63) is 35.5 Å². The van der Waals surface area contributed by atoms with Crippen molar-refractivity contribution < 1.29 is 9.22 Å². The summed E-state index contributed by atoms with van der Waals surface area (Å²) in [4.78, 5) is 11.5. The van der Waals surface area contributed by atoms with Crippen LogP contribution in [0.15, 0.2) is 35.5 Å². The molecule has 31 heavy (non-hydrogen) atoms. The van der Waals surface area contributed by atoms with Crippen molar-refractivity contribution >= 4 is 14.6 Å². The molecule has 0 aromatic rings. The van der Waals surface area contributed by atoms with Crippen molar-refractivity contribution in [2.75, 3.05) is 0 Å². The van der Waals surface area contributed by atoms with Gasteiger partial charge in [-0.3, -0.25) is 0 Å². The number of rotatable bonds is 5. The van der Waals surface area contributed by atoms with Crippen LogP contribution < -0.4 is 0 Å². The van der Waals surface area contributed by atoms with Gasteiger partial charge < -0.3 is 9.22 Å². The summed E-state index contributed by atoms with van der Waals surface area (Å²) in [6.45, 7) is 20.7. The average molecular weight is 443 g/mol. The zero-order valence-corrected chi connectivity index (χ0v) is 22.2. The highest BCUT2D eigenvalue weighted by molar-refractivity contribution is 6.74. The fourth-order valence-corrected chi connectivity index (χ4v) is 7.70. The predicted molar refractivity (Wildman–Crippen MR) is 135 cm³/mol. The summed E-state index contributed by atoms with van der Waals surface area (Å²) in [6.07, 6.45) is 15.7. The van der Waals surface area contributed by atoms with Gasteiger partial charge in [0.25, 0.3) is 0 Å². The van der Waals surface area contributed by atoms with Gasteiger partial charge in [0.2, 0.25) is 0 Å². The Balaban J connectivity index is 1.76. The molecule has 0 heterocycles. The summed E-state index contributed by atoms with van der Waals surface area (Å²) in [5.41, 5.74) is 4.59. The number of fused-ring (bicyclic) bond motifs is 1. The third-order valence-corrected chi connectivity index (χ3v) is 13.9. The highest BCUT2D eigenvalue weighted by Gasteiger charge is 2.50. The van der Waals surface area contributed by atoms with Gasteiger partial charge in [0.05, 0.1) is 0 Å². The summed E-state index contributed by atoms with van der Waals surface area (Å²) in [5.74, 6) is 1.36. The van der Waals surface area contributed by atoms with E-state index >= 15 is 0 Å². The molecule has 3 saturated carbocycles. The molecular formula is C28H46O2Si. The minimum atomic E-state index is -1.75. The van der Waals surface area contributed by atoms with Crippen LogP contribution in [0.3, 0.4) is 0 Å². The maximum atomic E-state index is 11.5. The summed E-state index contributed by atoms with van der Waals surface area (Å²) >= 11 is 0. The van der Waals surface area contributed by atoms with E-state index in [9.17, 15) is 4.79 Å². The molecule has 2 nitrogen and oxygen atoms in total. The minimum absolute atomic E-state index is 0.180. The van der Waals surface area contributed by atoms with Crippen LogP contribution in [0.1, 0.15) is 86.0 Å². The van der Waals surface area contributed by atoms with E-state index in [-0.39, 0.29) is 11.0 Å². The van der Waals surface area contributed by atoms with Gasteiger partial charge in [-0.05, 0) is 92.3 Å². The minimum Gasteiger partial charge on any atom is -0.414 e. The lowest BCUT2D eigenvalue weighted by Crippen LogP contribution is -2.44. The fourth-order valence-electron chi connectivity index (χ4n) is 6.31. The number of carbonyl (C=O) groups is 1. The lowest BCUT2D eigenvalue weighted by molar-refractivity contribution is -0.113. The Morgan fingerprint density at radius 1 is 1.16 bits per heavy atom. The molecule has 5 atom stereocenters. The Morgan fingerprint density at radius 2 is 1.87 bits per heavy atom. The Kier molecular flexibility index (Phi) is 7.28. The molecule has 3 rings (SSSR count). The van der Waals surface area contributed by atoms with Crippen molar-refractivity contribution in [3.8, 4) is 0 Å². The second kappa shape index (κ2) is 9.13. The molecule has 3 aliphatic rings. The Morgan fingerprint density at radius 3 is 2.52 bits per heavy atom. The zero-order valence-electron chi connectivity index (χ0n) is 21.2. The van der Waals surface area contributed by atoms with Crippen LogP contribution >= 0.6 is 0 Å². The summed E-state index contributed by atoms with van der Waals surface area (Å²) in [6, 6.07) is 0. The van der Waals surface area contributed by atoms with Gasteiger partial charge >= 0.3 is 0 Å². The first kappa shape index (κ1) is 24.7. The van der Waals surface area contributed by atoms with Gasteiger partial charge in [0.15, 0.2) is 8.32 Å². The van der Waals surface area contributed by atoms with Crippen LogP contribution in [0, 0.1) is 23.2 Å². The molecule has 0 aliphatic heterocycles. The molecule has 0 N–H and O–H groups in total. The van der Waals surface area contributed by atoms with Gasteiger partial charge in [-0.15, -0.1) is 0 Å². The smallest absolute Gasteiger partial charge is 0.192 e. The topological polar surface area (TPSA) is 26.3 Å². The fraction of sp³-hybridized carbons (Fsp3) is 0.750. The highest BCUT2D eigenvalue weighted by Crippen LogP contribution is 2.59. The number of hydrogen-bond acceptors (Lipinski definition) is 2. The quantitative estimate of drug-likeness (QED) is 0.318. The van der Waals surface area contributed by atoms with Gasteiger partial charge in [-0.25, -0.2) is 0 Å². The lowest BCUT2D eigenvalue weighted by Gasteiger charge is -2.43. The molecule has 0 amide bonds. The van der Waals surface area contributed by atoms with E-state index in [1.807, 2.05) is 0 Å². The largest absolute Gasteiger partial charge is 0.414 e. The van der Waals surface area contributed by atoms with Crippen molar-refractivity contribution in [3.63, 3.8) is 0 Å². The lowest BCUT2D eigenvalue weighted by atomic mass is 9.61. The number of allylic oxidation sites excluding steroid dienone is 4. The first-order chi connectivity index (χ1) is 14.4. The maximum absolute atomic E-state index is 11.5. The number of hydrogen-bond donors (Lipinski definition) is 0. The molecule has 174 valence electrons. The van der Waals surface area contributed by atoms with Crippen LogP contribution in [0.4, 0.5) is 0 Å². The van der Waals surface area contributed by atoms with Crippen LogP contribution in [0.25, 0.3) is 0 Å². The van der Waals surface area contributed by atoms with E-state index in [0.29, 0.717) is 23.4 Å². The van der Waals surface area contributed by atoms with Crippen molar-refractivity contribution in [2.24, 2.45) is 23.2 Å². The molecule has 0 aromatic carbocycles. The summed E-state index contributed by atoms with van der Waals surface area (Å²) in [5, 5.41) is 0.248. The van der Waals surface area contributed by atoms with Gasteiger partial charge in [0.1, 0.15) is 6.29 Å². The predicted octanol–water partition coefficient (Wildman–Crippen LogP) is 8.02. The first-order valence-electron chi connectivity index (χ1n) is 12.6. The molecule has 0 bridgehead atoms. The van der Waals surface area contributed by atoms with E-state index in [0.717, 1.165) is 19.3 Å². The Hall–Kier alpha value is -0.933. The van der Waals surface area contributed by atoms with Crippen LogP contribution in [-0.2, 0) is 9.22 Å². The number of carbonyl (C=O) groups excluding carboxylic acids is 1. The second-order valence-electron chi connectivity index (χ2n) is 12.4. The molecule has 0 aromatic heterocycles. The molecule has 3 aliphatic carbocycles. The summed E-state index contributed by atoms with van der Waals surface area (Å²) in [7, 11) is -1.75. The normalized spacial score (nSPS) is 36.0. The summed E-state index contributed by atoms with van der Waals surface area (Å²) < 4.78 is 6.75. The van der Waals surface area contributed by atoms with Gasteiger partial charge in [-0.2, -0.15) is 0 Å². The molecule has 0 spiro atoms. The monoisotopic (exact) mass is 442 g/mol. The van der Waals surface area contributed by atoms with E-state index in [1.165, 1.54) is 49.5 Å². The molecule has 3 fully saturated rings. The van der Waals surface area contributed by atoms with E-state index in [4.69, 9.17) is 4.43 Å². The standard InChI is InChI=1S/C28H46O2Si/c1-20-11-14-24(30-31(7,8)27(3,4)5)18-23(20)13-12-22-10-9-17-28(6)25(21(2)19-29)15-16-26(22)28/h12-13,19,21,24-26H,1,9-11,14-18H2,2-8H3/b22-12+,23-13+/t21?,24-,25+,26-,28+/m0/s1. The number of aldehydes is 1. The molecular weight excluding hydrogens is 396 g/mol. The maximum Gasteiger partial charge on any atom is 0.192 e. The van der Waals surface area contributed by atoms with Gasteiger partial charge in [0, 0.05) is 12.0 Å². The van der Waals surface area contributed by atoms with E-state index < -0.39 is 8.32 Å². The van der Waals surface area contributed by atoms with Crippen molar-refractivity contribution in [1.29, 1.82) is 0 Å². The zero-order chi connectivity index (χ0) is 23.0. The molecule has 3 heteroatoms. The molecule has 1 unspecified atom stereocenters. The Bertz CT molecular complexity index is 753. The first-order valence-corrected chi connectivity index (χ1v) is 15.5. The third-order valence-electron chi connectivity index (χ3n) is 9.32. The van der Waals surface area contributed by atoms with E-state index in [2.05, 4.69) is 66.4 Å². The molecule has 0 saturated heterocycles. The highest BCUT2D eigenvalue weighted by atomic mass is 28.4. The van der Waals surface area contributed by atoms with E-state index in [1.54, 1.807) is 5.57 Å². The van der Waals surface area contributed by atoms with Crippen LogP contribution in [0.2, 0.25) is 18.1 Å².